The molecule has 3 N–H and O–H groups in total. The van der Waals surface area contributed by atoms with Gasteiger partial charge in [0.05, 0.1) is 19.7 Å². The quantitative estimate of drug-likeness (QED) is 0.0688. The van der Waals surface area contributed by atoms with Crippen LogP contribution in [0.4, 0.5) is 17.8 Å². The van der Waals surface area contributed by atoms with E-state index >= 15 is 0 Å². The maximum atomic E-state index is 11.8. The van der Waals surface area contributed by atoms with Gasteiger partial charge in [-0.15, -0.1) is 35.7 Å². The summed E-state index contributed by atoms with van der Waals surface area (Å²) in [4.78, 5) is 31.9. The first-order valence-corrected chi connectivity index (χ1v) is 11.4. The van der Waals surface area contributed by atoms with Crippen molar-refractivity contribution < 1.29 is 19.1 Å². The summed E-state index contributed by atoms with van der Waals surface area (Å²) in [6.07, 6.45) is 3.34. The number of aromatic amines is 2. The molecule has 0 aliphatic heterocycles. The Morgan fingerprint density at radius 2 is 1.88 bits per heavy atom. The van der Waals surface area contributed by atoms with Crippen molar-refractivity contribution >= 4 is 29.8 Å². The summed E-state index contributed by atoms with van der Waals surface area (Å²) in [5.41, 5.74) is 1.06. The molecule has 21 nitrogen and oxygen atoms in total. The third-order valence-corrected chi connectivity index (χ3v) is 4.77. The van der Waals surface area contributed by atoms with Gasteiger partial charge in [0.2, 0.25) is 5.95 Å². The predicted octanol–water partition coefficient (Wildman–Crippen LogP) is -0.596. The Kier molecular flexibility index (Phi) is 8.63. The molecule has 4 aromatic rings. The number of esters is 2. The van der Waals surface area contributed by atoms with Gasteiger partial charge in [-0.3, -0.25) is 10.4 Å². The van der Waals surface area contributed by atoms with Crippen LogP contribution in [0.2, 0.25) is 0 Å². The summed E-state index contributed by atoms with van der Waals surface area (Å²) in [6.45, 7) is 3.26. The monoisotopic (exact) mass is 553 g/mol. The molecule has 0 aliphatic carbocycles. The van der Waals surface area contributed by atoms with E-state index in [0.717, 1.165) is 5.57 Å². The largest absolute Gasteiger partial charge is 0.453 e. The van der Waals surface area contributed by atoms with Crippen LogP contribution in [-0.2, 0) is 32.1 Å². The molecule has 0 saturated carbocycles. The number of H-pyrrole nitrogens is 2. The Morgan fingerprint density at radius 1 is 1.10 bits per heavy atom. The van der Waals surface area contributed by atoms with E-state index < -0.39 is 11.9 Å². The van der Waals surface area contributed by atoms with Crippen molar-refractivity contribution in [2.75, 3.05) is 31.0 Å². The predicted molar refractivity (Wildman–Crippen MR) is 131 cm³/mol. The van der Waals surface area contributed by atoms with Crippen LogP contribution in [-0.4, -0.2) is 98.4 Å². The van der Waals surface area contributed by atoms with Crippen LogP contribution >= 0.6 is 0 Å². The molecule has 0 bridgehead atoms. The lowest BCUT2D eigenvalue weighted by molar-refractivity contribution is -0.168. The fourth-order valence-corrected chi connectivity index (χ4v) is 2.70. The summed E-state index contributed by atoms with van der Waals surface area (Å²) < 4.78 is 11.0. The van der Waals surface area contributed by atoms with Crippen LogP contribution in [0, 0.1) is 0 Å². The molecule has 0 spiro atoms. The van der Waals surface area contributed by atoms with Gasteiger partial charge in [0, 0.05) is 7.05 Å². The van der Waals surface area contributed by atoms with Crippen molar-refractivity contribution in [3.63, 3.8) is 0 Å². The van der Waals surface area contributed by atoms with E-state index in [1.54, 1.807) is 27.0 Å². The highest BCUT2D eigenvalue weighted by Gasteiger charge is 2.19. The van der Waals surface area contributed by atoms with E-state index in [1.165, 1.54) is 22.9 Å². The minimum atomic E-state index is -1.14. The number of nitrogens with one attached hydrogen (secondary N) is 3. The van der Waals surface area contributed by atoms with Gasteiger partial charge in [0.15, 0.2) is 5.82 Å². The van der Waals surface area contributed by atoms with Crippen LogP contribution in [0.1, 0.15) is 31.2 Å². The molecule has 0 saturated heterocycles. The lowest BCUT2D eigenvalue weighted by Crippen LogP contribution is -2.21. The standard InChI is InChI=1S/C19H23N17O4/c1-5-10(2)8-39-14(37)15(38)40-9-11-7-36(34-24-11)19-21-12(25-32-19)6-13-26-29-17(30-27-13)22-16-23-18(31-28-16)35(4)33-20-3/h5,7H,6,8-9H2,1-4H3,(H,21,25,32)(H2,22,23,28,29,30,31)/b10-5+,33-20?. The zero-order valence-corrected chi connectivity index (χ0v) is 21.7. The fourth-order valence-electron chi connectivity index (χ4n) is 2.70. The fraction of sp³-hybridized carbons (Fsp3) is 0.368. The van der Waals surface area contributed by atoms with E-state index in [0.29, 0.717) is 5.82 Å². The van der Waals surface area contributed by atoms with Gasteiger partial charge >= 0.3 is 11.9 Å². The zero-order chi connectivity index (χ0) is 28.5. The number of allylic oxidation sites excluding steroid dienone is 1. The van der Waals surface area contributed by atoms with Crippen molar-refractivity contribution in [1.82, 2.24) is 65.8 Å². The van der Waals surface area contributed by atoms with Gasteiger partial charge in [0.25, 0.3) is 17.8 Å². The second kappa shape index (κ2) is 12.7. The summed E-state index contributed by atoms with van der Waals surface area (Å²) in [5, 5.41) is 48.7. The summed E-state index contributed by atoms with van der Waals surface area (Å²) in [7, 11) is 3.16. The van der Waals surface area contributed by atoms with Crippen molar-refractivity contribution in [3.05, 3.63) is 35.2 Å². The molecule has 0 fully saturated rings. The van der Waals surface area contributed by atoms with Crippen molar-refractivity contribution in [2.45, 2.75) is 26.9 Å². The summed E-state index contributed by atoms with van der Waals surface area (Å²) >= 11 is 0. The molecular weight excluding hydrogens is 530 g/mol. The Balaban J connectivity index is 1.28. The minimum absolute atomic E-state index is 0.00111. The number of aromatic nitrogens is 13. The highest BCUT2D eigenvalue weighted by Crippen LogP contribution is 2.11. The SMILES string of the molecule is C/C=C(\C)COC(=O)C(=O)OCc1cn(-c2n[nH]c(Cc3nnc(Nc4nc(N(C)N=NC)n[nH]4)nn3)n2)nn1. The molecule has 0 aliphatic rings. The van der Waals surface area contributed by atoms with E-state index in [1.807, 2.05) is 0 Å². The molecule has 40 heavy (non-hydrogen) atoms. The number of anilines is 3. The first-order chi connectivity index (χ1) is 19.3. The Labute approximate surface area is 224 Å². The van der Waals surface area contributed by atoms with Gasteiger partial charge in [-0.05, 0) is 19.4 Å². The Morgan fingerprint density at radius 3 is 2.62 bits per heavy atom. The molecule has 21 heteroatoms. The molecular formula is C19H23N17O4. The third kappa shape index (κ3) is 7.17. The molecule has 0 atom stereocenters. The number of hydrogen-bond acceptors (Lipinski definition) is 17. The van der Waals surface area contributed by atoms with Crippen LogP contribution in [0.25, 0.3) is 5.95 Å². The van der Waals surface area contributed by atoms with E-state index in [9.17, 15) is 9.59 Å². The van der Waals surface area contributed by atoms with Crippen LogP contribution in [0.15, 0.2) is 28.2 Å². The highest BCUT2D eigenvalue weighted by atomic mass is 16.6. The van der Waals surface area contributed by atoms with E-state index in [2.05, 4.69) is 76.7 Å². The Bertz CT molecular complexity index is 1500. The van der Waals surface area contributed by atoms with Gasteiger partial charge in [-0.1, -0.05) is 16.5 Å². The topological polar surface area (TPSA) is 258 Å². The summed E-state index contributed by atoms with van der Waals surface area (Å²) in [6, 6.07) is 0. The van der Waals surface area contributed by atoms with Crippen LogP contribution < -0.4 is 10.3 Å². The van der Waals surface area contributed by atoms with Gasteiger partial charge < -0.3 is 9.47 Å². The average Bonchev–Trinajstić information content (AvgIpc) is 3.73. The van der Waals surface area contributed by atoms with Crippen molar-refractivity contribution in [1.29, 1.82) is 0 Å². The molecule has 4 aromatic heterocycles. The number of rotatable bonds is 11. The molecule has 0 amide bonds. The maximum Gasteiger partial charge on any atom is 0.417 e. The zero-order valence-electron chi connectivity index (χ0n) is 21.7. The average molecular weight is 554 g/mol. The number of carbonyl (C=O) groups excluding carboxylic acids is 2. The first-order valence-electron chi connectivity index (χ1n) is 11.4. The highest BCUT2D eigenvalue weighted by molar-refractivity contribution is 6.29. The second-order valence-corrected chi connectivity index (χ2v) is 7.76. The lowest BCUT2D eigenvalue weighted by atomic mass is 10.3. The van der Waals surface area contributed by atoms with Crippen molar-refractivity contribution in [2.24, 2.45) is 10.3 Å². The molecule has 0 radical (unpaired) electrons. The van der Waals surface area contributed by atoms with E-state index in [4.69, 9.17) is 9.47 Å². The molecule has 0 aromatic carbocycles. The van der Waals surface area contributed by atoms with Crippen LogP contribution in [0.3, 0.4) is 0 Å². The first kappa shape index (κ1) is 27.3. The summed E-state index contributed by atoms with van der Waals surface area (Å²) in [5.74, 6) is -0.798. The van der Waals surface area contributed by atoms with Gasteiger partial charge in [-0.2, -0.15) is 19.8 Å². The third-order valence-electron chi connectivity index (χ3n) is 4.77. The van der Waals surface area contributed by atoms with Gasteiger partial charge in [0.1, 0.15) is 24.7 Å². The maximum absolute atomic E-state index is 11.8. The number of carbonyl (C=O) groups is 2. The minimum Gasteiger partial charge on any atom is -0.453 e. The smallest absolute Gasteiger partial charge is 0.417 e. The van der Waals surface area contributed by atoms with Crippen LogP contribution in [0.5, 0.6) is 0 Å². The number of nitrogens with zero attached hydrogens (tertiary/aromatic N) is 14. The Hall–Kier alpha value is -5.76. The van der Waals surface area contributed by atoms with Gasteiger partial charge in [-0.25, -0.2) is 19.7 Å². The lowest BCUT2D eigenvalue weighted by Gasteiger charge is -2.04. The molecule has 4 heterocycles. The second-order valence-electron chi connectivity index (χ2n) is 7.76. The van der Waals surface area contributed by atoms with Crippen molar-refractivity contribution in [3.8, 4) is 5.95 Å². The molecule has 4 rings (SSSR count). The molecule has 0 unspecified atom stereocenters. The number of hydrogen-bond donors (Lipinski definition) is 3. The number of ether oxygens (including phenoxy) is 2. The molecule has 208 valence electrons. The van der Waals surface area contributed by atoms with E-state index in [-0.39, 0.29) is 54.9 Å². The normalized spacial score (nSPS) is 11.6.